The van der Waals surface area contributed by atoms with Gasteiger partial charge in [-0.1, -0.05) is 20.8 Å². The van der Waals surface area contributed by atoms with Gasteiger partial charge in [0.05, 0.1) is 7.11 Å². The van der Waals surface area contributed by atoms with Crippen molar-refractivity contribution >= 4 is 5.78 Å². The van der Waals surface area contributed by atoms with Crippen molar-refractivity contribution in [3.05, 3.63) is 29.3 Å². The number of ketones is 1. The van der Waals surface area contributed by atoms with Gasteiger partial charge in [-0.3, -0.25) is 4.79 Å². The van der Waals surface area contributed by atoms with E-state index in [1.807, 2.05) is 39.0 Å². The molecule has 0 atom stereocenters. The Morgan fingerprint density at radius 1 is 1.29 bits per heavy atom. The Morgan fingerprint density at radius 3 is 2.41 bits per heavy atom. The number of carbonyl (C=O) groups excluding carboxylic acids is 1. The van der Waals surface area contributed by atoms with Crippen LogP contribution in [0.1, 0.15) is 55.5 Å². The Morgan fingerprint density at radius 2 is 1.94 bits per heavy atom. The maximum absolute atomic E-state index is 12.4. The smallest absolute Gasteiger partial charge is 0.168 e. The molecule has 0 saturated heterocycles. The van der Waals surface area contributed by atoms with E-state index in [1.165, 1.54) is 18.4 Å². The first-order valence-electron chi connectivity index (χ1n) is 6.16. The van der Waals surface area contributed by atoms with Crippen LogP contribution < -0.4 is 4.74 Å². The average molecular weight is 232 g/mol. The molecule has 1 aromatic rings. The van der Waals surface area contributed by atoms with Crippen LogP contribution in [-0.4, -0.2) is 12.9 Å². The van der Waals surface area contributed by atoms with Crippen LogP contribution >= 0.6 is 0 Å². The van der Waals surface area contributed by atoms with Crippen LogP contribution in [0.5, 0.6) is 5.75 Å². The molecule has 1 aliphatic rings. The van der Waals surface area contributed by atoms with E-state index >= 15 is 0 Å². The molecule has 0 unspecified atom stereocenters. The number of methoxy groups -OCH3 is 1. The zero-order valence-corrected chi connectivity index (χ0v) is 11.0. The lowest BCUT2D eigenvalue weighted by molar-refractivity contribution is 0.0857. The third kappa shape index (κ3) is 2.51. The summed E-state index contributed by atoms with van der Waals surface area (Å²) < 4.78 is 5.24. The summed E-state index contributed by atoms with van der Waals surface area (Å²) in [5, 5.41) is 0. The van der Waals surface area contributed by atoms with Gasteiger partial charge in [-0.05, 0) is 42.5 Å². The van der Waals surface area contributed by atoms with Gasteiger partial charge >= 0.3 is 0 Å². The SMILES string of the molecule is COc1ccc(C(=O)C(C)(C)C)c(C2CC2)c1. The minimum absolute atomic E-state index is 0.224. The first kappa shape index (κ1) is 12.2. The van der Waals surface area contributed by atoms with Crippen LogP contribution in [0, 0.1) is 5.41 Å². The van der Waals surface area contributed by atoms with Gasteiger partial charge in [-0.2, -0.15) is 0 Å². The summed E-state index contributed by atoms with van der Waals surface area (Å²) >= 11 is 0. The number of carbonyl (C=O) groups is 1. The molecule has 1 aromatic carbocycles. The maximum atomic E-state index is 12.4. The minimum atomic E-state index is -0.321. The van der Waals surface area contributed by atoms with Crippen molar-refractivity contribution in [1.82, 2.24) is 0 Å². The van der Waals surface area contributed by atoms with E-state index in [0.717, 1.165) is 11.3 Å². The highest BCUT2D eigenvalue weighted by atomic mass is 16.5. The number of ether oxygens (including phenoxy) is 1. The largest absolute Gasteiger partial charge is 0.497 e. The molecule has 2 heteroatoms. The molecule has 1 aliphatic carbocycles. The van der Waals surface area contributed by atoms with Crippen molar-refractivity contribution in [2.45, 2.75) is 39.5 Å². The topological polar surface area (TPSA) is 26.3 Å². The van der Waals surface area contributed by atoms with Gasteiger partial charge in [0.25, 0.3) is 0 Å². The zero-order chi connectivity index (χ0) is 12.6. The van der Waals surface area contributed by atoms with Crippen molar-refractivity contribution in [3.8, 4) is 5.75 Å². The second kappa shape index (κ2) is 4.17. The van der Waals surface area contributed by atoms with E-state index in [9.17, 15) is 4.79 Å². The van der Waals surface area contributed by atoms with E-state index < -0.39 is 0 Å². The number of benzene rings is 1. The quantitative estimate of drug-likeness (QED) is 0.741. The van der Waals surface area contributed by atoms with Crippen LogP contribution in [-0.2, 0) is 0 Å². The normalized spacial score (nSPS) is 15.8. The Kier molecular flexibility index (Phi) is 2.98. The Labute approximate surface area is 103 Å². The fraction of sp³-hybridized carbons (Fsp3) is 0.533. The number of Topliss-reactive ketones (excluding diaryl/α,β-unsaturated/α-hetero) is 1. The fourth-order valence-electron chi connectivity index (χ4n) is 2.01. The summed E-state index contributed by atoms with van der Waals surface area (Å²) in [4.78, 5) is 12.4. The van der Waals surface area contributed by atoms with Gasteiger partial charge in [0.1, 0.15) is 5.75 Å². The predicted molar refractivity (Wildman–Crippen MR) is 68.8 cm³/mol. The van der Waals surface area contributed by atoms with Crippen LogP contribution in [0.3, 0.4) is 0 Å². The van der Waals surface area contributed by atoms with E-state index in [2.05, 4.69) is 0 Å². The average Bonchev–Trinajstić information content (AvgIpc) is 3.10. The molecule has 0 heterocycles. The molecule has 2 rings (SSSR count). The Balaban J connectivity index is 2.43. The number of hydrogen-bond donors (Lipinski definition) is 0. The second-order valence-electron chi connectivity index (χ2n) is 5.81. The van der Waals surface area contributed by atoms with E-state index in [4.69, 9.17) is 4.74 Å². The first-order chi connectivity index (χ1) is 7.93. The summed E-state index contributed by atoms with van der Waals surface area (Å²) in [6.45, 7) is 5.91. The van der Waals surface area contributed by atoms with Crippen molar-refractivity contribution in [1.29, 1.82) is 0 Å². The van der Waals surface area contributed by atoms with Crippen LogP contribution in [0.4, 0.5) is 0 Å². The van der Waals surface area contributed by atoms with Gasteiger partial charge in [0, 0.05) is 11.0 Å². The summed E-state index contributed by atoms with van der Waals surface area (Å²) in [6, 6.07) is 5.82. The fourth-order valence-corrected chi connectivity index (χ4v) is 2.01. The molecule has 92 valence electrons. The predicted octanol–water partition coefficient (Wildman–Crippen LogP) is 3.80. The van der Waals surface area contributed by atoms with Gasteiger partial charge in [-0.25, -0.2) is 0 Å². The maximum Gasteiger partial charge on any atom is 0.168 e. The minimum Gasteiger partial charge on any atom is -0.497 e. The molecule has 1 fully saturated rings. The molecule has 1 saturated carbocycles. The lowest BCUT2D eigenvalue weighted by Crippen LogP contribution is -2.21. The summed E-state index contributed by atoms with van der Waals surface area (Å²) in [5.41, 5.74) is 1.73. The van der Waals surface area contributed by atoms with Gasteiger partial charge in [0.15, 0.2) is 5.78 Å². The third-order valence-electron chi connectivity index (χ3n) is 3.20. The third-order valence-corrected chi connectivity index (χ3v) is 3.20. The monoisotopic (exact) mass is 232 g/mol. The molecular weight excluding hydrogens is 212 g/mol. The van der Waals surface area contributed by atoms with Gasteiger partial charge < -0.3 is 4.74 Å². The van der Waals surface area contributed by atoms with Crippen molar-refractivity contribution in [2.75, 3.05) is 7.11 Å². The molecule has 17 heavy (non-hydrogen) atoms. The summed E-state index contributed by atoms with van der Waals surface area (Å²) in [7, 11) is 1.66. The second-order valence-corrected chi connectivity index (χ2v) is 5.81. The highest BCUT2D eigenvalue weighted by Gasteiger charge is 2.32. The first-order valence-corrected chi connectivity index (χ1v) is 6.16. The molecule has 0 spiro atoms. The highest BCUT2D eigenvalue weighted by Crippen LogP contribution is 2.44. The van der Waals surface area contributed by atoms with Crippen LogP contribution in [0.25, 0.3) is 0 Å². The van der Waals surface area contributed by atoms with E-state index in [0.29, 0.717) is 5.92 Å². The molecular formula is C15H20O2. The van der Waals surface area contributed by atoms with Crippen LogP contribution in [0.2, 0.25) is 0 Å². The molecule has 2 nitrogen and oxygen atoms in total. The summed E-state index contributed by atoms with van der Waals surface area (Å²) in [5.74, 6) is 1.63. The van der Waals surface area contributed by atoms with Crippen molar-refractivity contribution in [2.24, 2.45) is 5.41 Å². The molecule has 0 aromatic heterocycles. The molecule has 0 aliphatic heterocycles. The number of rotatable bonds is 3. The van der Waals surface area contributed by atoms with Crippen molar-refractivity contribution in [3.63, 3.8) is 0 Å². The summed E-state index contributed by atoms with van der Waals surface area (Å²) in [6.07, 6.45) is 2.38. The van der Waals surface area contributed by atoms with E-state index in [-0.39, 0.29) is 11.2 Å². The highest BCUT2D eigenvalue weighted by molar-refractivity contribution is 6.01. The lowest BCUT2D eigenvalue weighted by Gasteiger charge is -2.19. The molecule has 0 N–H and O–H groups in total. The van der Waals surface area contributed by atoms with Gasteiger partial charge in [0.2, 0.25) is 0 Å². The Bertz CT molecular complexity index is 437. The van der Waals surface area contributed by atoms with Crippen LogP contribution in [0.15, 0.2) is 18.2 Å². The van der Waals surface area contributed by atoms with Gasteiger partial charge in [-0.15, -0.1) is 0 Å². The zero-order valence-electron chi connectivity index (χ0n) is 11.0. The molecule has 0 amide bonds. The number of hydrogen-bond acceptors (Lipinski definition) is 2. The van der Waals surface area contributed by atoms with Crippen molar-refractivity contribution < 1.29 is 9.53 Å². The standard InChI is InChI=1S/C15H20O2/c1-15(2,3)14(16)12-8-7-11(17-4)9-13(12)10-5-6-10/h7-10H,5-6H2,1-4H3. The molecule has 0 radical (unpaired) electrons. The molecule has 0 bridgehead atoms. The Hall–Kier alpha value is -1.31. The van der Waals surface area contributed by atoms with E-state index in [1.54, 1.807) is 7.11 Å². The lowest BCUT2D eigenvalue weighted by atomic mass is 9.84.